The molecule has 21 heavy (non-hydrogen) atoms. The molecule has 0 unspecified atom stereocenters. The highest BCUT2D eigenvalue weighted by molar-refractivity contribution is 5.90. The summed E-state index contributed by atoms with van der Waals surface area (Å²) >= 11 is 0. The van der Waals surface area contributed by atoms with E-state index in [0.29, 0.717) is 6.61 Å². The van der Waals surface area contributed by atoms with E-state index in [1.807, 2.05) is 0 Å². The Hall–Kier alpha value is -1.71. The quantitative estimate of drug-likeness (QED) is 0.496. The Bertz CT molecular complexity index is 409. The number of esters is 1. The highest BCUT2D eigenvalue weighted by atomic mass is 16.5. The summed E-state index contributed by atoms with van der Waals surface area (Å²) in [6.45, 7) is 2.59. The Kier molecular flexibility index (Phi) is 8.32. The van der Waals surface area contributed by atoms with Crippen LogP contribution in [0.2, 0.25) is 0 Å². The minimum Gasteiger partial charge on any atom is -0.508 e. The molecule has 0 saturated heterocycles. The van der Waals surface area contributed by atoms with Gasteiger partial charge in [-0.3, -0.25) is 0 Å². The van der Waals surface area contributed by atoms with E-state index in [1.165, 1.54) is 56.7 Å². The Balaban J connectivity index is 2.11. The molecule has 1 rings (SSSR count). The molecule has 0 atom stereocenters. The Morgan fingerprint density at radius 2 is 1.43 bits per heavy atom. The molecule has 0 heterocycles. The van der Waals surface area contributed by atoms with Crippen molar-refractivity contribution >= 4 is 5.97 Å². The first-order valence-corrected chi connectivity index (χ1v) is 7.83. The minimum atomic E-state index is -0.510. The highest BCUT2D eigenvalue weighted by Gasteiger charge is 2.09. The van der Waals surface area contributed by atoms with Crippen LogP contribution in [0.4, 0.5) is 0 Å². The van der Waals surface area contributed by atoms with E-state index in [2.05, 4.69) is 6.92 Å². The second-order valence-corrected chi connectivity index (χ2v) is 5.35. The van der Waals surface area contributed by atoms with Crippen LogP contribution >= 0.6 is 0 Å². The fraction of sp³-hybridized carbons (Fsp3) is 0.588. The SMILES string of the molecule is CCCCCCCCCCOC(=O)c1cc(O)cc(O)c1. The molecule has 0 radical (unpaired) electrons. The molecule has 0 aliphatic rings. The Labute approximate surface area is 126 Å². The maximum absolute atomic E-state index is 11.7. The molecule has 0 bridgehead atoms. The maximum Gasteiger partial charge on any atom is 0.338 e. The van der Waals surface area contributed by atoms with Gasteiger partial charge in [0.25, 0.3) is 0 Å². The van der Waals surface area contributed by atoms with E-state index >= 15 is 0 Å². The summed E-state index contributed by atoms with van der Waals surface area (Å²) in [5, 5.41) is 18.6. The van der Waals surface area contributed by atoms with Crippen LogP contribution in [0.15, 0.2) is 18.2 Å². The van der Waals surface area contributed by atoms with Gasteiger partial charge in [-0.05, 0) is 18.6 Å². The predicted molar refractivity (Wildman–Crippen MR) is 82.7 cm³/mol. The number of hydrogen-bond donors (Lipinski definition) is 2. The summed E-state index contributed by atoms with van der Waals surface area (Å²) in [7, 11) is 0. The molecule has 118 valence electrons. The van der Waals surface area contributed by atoms with Crippen molar-refractivity contribution in [1.82, 2.24) is 0 Å². The zero-order valence-electron chi connectivity index (χ0n) is 12.8. The lowest BCUT2D eigenvalue weighted by molar-refractivity contribution is 0.0496. The third-order valence-corrected chi connectivity index (χ3v) is 3.37. The number of carbonyl (C=O) groups excluding carboxylic acids is 1. The van der Waals surface area contributed by atoms with Gasteiger partial charge in [0.15, 0.2) is 0 Å². The van der Waals surface area contributed by atoms with Gasteiger partial charge >= 0.3 is 5.97 Å². The van der Waals surface area contributed by atoms with Crippen LogP contribution in [-0.2, 0) is 4.74 Å². The zero-order valence-corrected chi connectivity index (χ0v) is 12.8. The standard InChI is InChI=1S/C17H26O4/c1-2-3-4-5-6-7-8-9-10-21-17(20)14-11-15(18)13-16(19)12-14/h11-13,18-19H,2-10H2,1H3. The van der Waals surface area contributed by atoms with Gasteiger partial charge in [-0.25, -0.2) is 4.79 Å². The summed E-state index contributed by atoms with van der Waals surface area (Å²) in [6, 6.07) is 3.75. The average Bonchev–Trinajstić information content (AvgIpc) is 2.44. The van der Waals surface area contributed by atoms with Gasteiger partial charge in [0.2, 0.25) is 0 Å². The van der Waals surface area contributed by atoms with E-state index < -0.39 is 5.97 Å². The number of hydrogen-bond acceptors (Lipinski definition) is 4. The summed E-state index contributed by atoms with van der Waals surface area (Å²) in [6.07, 6.45) is 9.51. The molecule has 4 nitrogen and oxygen atoms in total. The number of phenols is 2. The summed E-state index contributed by atoms with van der Waals surface area (Å²) in [4.78, 5) is 11.7. The van der Waals surface area contributed by atoms with Crippen LogP contribution in [0, 0.1) is 0 Å². The topological polar surface area (TPSA) is 66.8 Å². The van der Waals surface area contributed by atoms with Crippen LogP contribution in [0.1, 0.15) is 68.6 Å². The lowest BCUT2D eigenvalue weighted by atomic mass is 10.1. The summed E-state index contributed by atoms with van der Waals surface area (Å²) in [5.41, 5.74) is 0.173. The third-order valence-electron chi connectivity index (χ3n) is 3.37. The number of phenolic OH excluding ortho intramolecular Hbond substituents is 2. The van der Waals surface area contributed by atoms with Gasteiger partial charge in [0, 0.05) is 6.07 Å². The highest BCUT2D eigenvalue weighted by Crippen LogP contribution is 2.21. The molecule has 0 spiro atoms. The summed E-state index contributed by atoms with van der Waals surface area (Å²) in [5.74, 6) is -0.799. The monoisotopic (exact) mass is 294 g/mol. The second kappa shape index (κ2) is 10.1. The van der Waals surface area contributed by atoms with Gasteiger partial charge < -0.3 is 14.9 Å². The van der Waals surface area contributed by atoms with Gasteiger partial charge in [-0.15, -0.1) is 0 Å². The average molecular weight is 294 g/mol. The lowest BCUT2D eigenvalue weighted by Gasteiger charge is -2.06. The van der Waals surface area contributed by atoms with Gasteiger partial charge in [0.1, 0.15) is 11.5 Å². The van der Waals surface area contributed by atoms with Crippen LogP contribution in [-0.4, -0.2) is 22.8 Å². The van der Waals surface area contributed by atoms with Crippen molar-refractivity contribution in [2.45, 2.75) is 58.3 Å². The van der Waals surface area contributed by atoms with E-state index in [0.717, 1.165) is 12.8 Å². The largest absolute Gasteiger partial charge is 0.508 e. The number of unbranched alkanes of at least 4 members (excludes halogenated alkanes) is 7. The van der Waals surface area contributed by atoms with Crippen molar-refractivity contribution in [3.63, 3.8) is 0 Å². The molecular formula is C17H26O4. The normalized spacial score (nSPS) is 10.5. The molecular weight excluding hydrogens is 268 g/mol. The number of aromatic hydroxyl groups is 2. The maximum atomic E-state index is 11.7. The van der Waals surface area contributed by atoms with Crippen molar-refractivity contribution in [2.24, 2.45) is 0 Å². The molecule has 0 aliphatic carbocycles. The number of benzene rings is 1. The fourth-order valence-corrected chi connectivity index (χ4v) is 2.20. The van der Waals surface area contributed by atoms with E-state index in [4.69, 9.17) is 4.74 Å². The van der Waals surface area contributed by atoms with Gasteiger partial charge in [0.05, 0.1) is 12.2 Å². The summed E-state index contributed by atoms with van der Waals surface area (Å²) < 4.78 is 5.12. The molecule has 2 N–H and O–H groups in total. The first-order chi connectivity index (χ1) is 10.1. The van der Waals surface area contributed by atoms with Crippen LogP contribution in [0.5, 0.6) is 11.5 Å². The third kappa shape index (κ3) is 7.59. The first-order valence-electron chi connectivity index (χ1n) is 7.83. The molecule has 1 aromatic carbocycles. The van der Waals surface area contributed by atoms with Gasteiger partial charge in [-0.1, -0.05) is 51.9 Å². The smallest absolute Gasteiger partial charge is 0.338 e. The fourth-order valence-electron chi connectivity index (χ4n) is 2.20. The van der Waals surface area contributed by atoms with Crippen LogP contribution in [0.3, 0.4) is 0 Å². The lowest BCUT2D eigenvalue weighted by Crippen LogP contribution is -2.06. The number of rotatable bonds is 10. The van der Waals surface area contributed by atoms with Gasteiger partial charge in [-0.2, -0.15) is 0 Å². The van der Waals surface area contributed by atoms with Crippen molar-refractivity contribution in [1.29, 1.82) is 0 Å². The Morgan fingerprint density at radius 1 is 0.905 bits per heavy atom. The minimum absolute atomic E-state index is 0.144. The molecule has 0 aliphatic heterocycles. The molecule has 1 aromatic rings. The van der Waals surface area contributed by atoms with E-state index in [9.17, 15) is 15.0 Å². The first kappa shape index (κ1) is 17.3. The van der Waals surface area contributed by atoms with E-state index in [-0.39, 0.29) is 17.1 Å². The van der Waals surface area contributed by atoms with Crippen molar-refractivity contribution < 1.29 is 19.7 Å². The zero-order chi connectivity index (χ0) is 15.5. The van der Waals surface area contributed by atoms with Crippen molar-refractivity contribution in [2.75, 3.05) is 6.61 Å². The van der Waals surface area contributed by atoms with Crippen LogP contribution < -0.4 is 0 Å². The number of carbonyl (C=O) groups is 1. The van der Waals surface area contributed by atoms with E-state index in [1.54, 1.807) is 0 Å². The Morgan fingerprint density at radius 3 is 2.00 bits per heavy atom. The molecule has 0 saturated carbocycles. The second-order valence-electron chi connectivity index (χ2n) is 5.35. The van der Waals surface area contributed by atoms with Crippen LogP contribution in [0.25, 0.3) is 0 Å². The molecule has 0 fully saturated rings. The van der Waals surface area contributed by atoms with Crippen molar-refractivity contribution in [3.05, 3.63) is 23.8 Å². The van der Waals surface area contributed by atoms with Crippen molar-refractivity contribution in [3.8, 4) is 11.5 Å². The molecule has 0 amide bonds. The number of ether oxygens (including phenoxy) is 1. The predicted octanol–water partition coefficient (Wildman–Crippen LogP) is 4.40. The molecule has 4 heteroatoms. The molecule has 0 aromatic heterocycles.